The summed E-state index contributed by atoms with van der Waals surface area (Å²) < 4.78 is 26.5. The van der Waals surface area contributed by atoms with E-state index in [4.69, 9.17) is 0 Å². The van der Waals surface area contributed by atoms with Crippen LogP contribution in [0, 0.1) is 0 Å². The van der Waals surface area contributed by atoms with Gasteiger partial charge in [0, 0.05) is 25.6 Å². The van der Waals surface area contributed by atoms with Crippen molar-refractivity contribution in [1.82, 2.24) is 19.6 Å². The number of hydrogen-bond donors (Lipinski definition) is 2. The maximum absolute atomic E-state index is 12.0. The van der Waals surface area contributed by atoms with Crippen molar-refractivity contribution in [2.24, 2.45) is 0 Å². The van der Waals surface area contributed by atoms with E-state index in [9.17, 15) is 8.42 Å². The molecule has 19 heavy (non-hydrogen) atoms. The van der Waals surface area contributed by atoms with Crippen molar-refractivity contribution in [3.8, 4) is 0 Å². The van der Waals surface area contributed by atoms with E-state index in [-0.39, 0.29) is 5.03 Å². The minimum absolute atomic E-state index is 0.135. The maximum atomic E-state index is 12.0. The molecule has 1 unspecified atom stereocenters. The molecule has 0 amide bonds. The van der Waals surface area contributed by atoms with Crippen LogP contribution in [0.3, 0.4) is 0 Å². The number of nitrogens with zero attached hydrogens (tertiary/aromatic N) is 2. The van der Waals surface area contributed by atoms with Crippen LogP contribution >= 0.6 is 0 Å². The highest BCUT2D eigenvalue weighted by atomic mass is 32.2. The lowest BCUT2D eigenvalue weighted by molar-refractivity contribution is 0.256. The highest BCUT2D eigenvalue weighted by Gasteiger charge is 2.17. The molecule has 1 rings (SSSR count). The Morgan fingerprint density at radius 1 is 1.47 bits per heavy atom. The number of aryl methyl sites for hydroxylation is 1. The van der Waals surface area contributed by atoms with E-state index in [0.717, 1.165) is 6.42 Å². The normalized spacial score (nSPS) is 13.9. The number of rotatable bonds is 8. The summed E-state index contributed by atoms with van der Waals surface area (Å²) in [7, 11) is -1.48. The van der Waals surface area contributed by atoms with E-state index in [1.807, 2.05) is 14.0 Å². The van der Waals surface area contributed by atoms with Gasteiger partial charge in [-0.15, -0.1) is 0 Å². The molecule has 2 N–H and O–H groups in total. The molecule has 0 bridgehead atoms. The Hall–Kier alpha value is -0.920. The Morgan fingerprint density at radius 3 is 2.68 bits per heavy atom. The summed E-state index contributed by atoms with van der Waals surface area (Å²) in [6, 6.07) is 0.448. The van der Waals surface area contributed by atoms with Crippen LogP contribution < -0.4 is 4.72 Å². The summed E-state index contributed by atoms with van der Waals surface area (Å²) >= 11 is 0. The quantitative estimate of drug-likeness (QED) is 0.747. The third-order valence-electron chi connectivity index (χ3n) is 3.33. The van der Waals surface area contributed by atoms with E-state index in [2.05, 4.69) is 33.4 Å². The molecule has 1 aromatic rings. The Kier molecular flexibility index (Phi) is 5.96. The number of hydrogen-bond acceptors (Lipinski definition) is 4. The predicted octanol–water partition coefficient (Wildman–Crippen LogP) is 0.981. The van der Waals surface area contributed by atoms with Gasteiger partial charge < -0.3 is 9.88 Å². The van der Waals surface area contributed by atoms with Crippen molar-refractivity contribution in [3.63, 3.8) is 0 Å². The highest BCUT2D eigenvalue weighted by Crippen LogP contribution is 2.05. The van der Waals surface area contributed by atoms with Crippen molar-refractivity contribution in [2.45, 2.75) is 44.7 Å². The van der Waals surface area contributed by atoms with E-state index in [0.29, 0.717) is 31.4 Å². The van der Waals surface area contributed by atoms with Gasteiger partial charge in [-0.25, -0.2) is 18.1 Å². The summed E-state index contributed by atoms with van der Waals surface area (Å²) in [4.78, 5) is 8.93. The summed E-state index contributed by atoms with van der Waals surface area (Å²) in [6.45, 7) is 7.23. The molecule has 6 nitrogen and oxygen atoms in total. The molecule has 1 aromatic heterocycles. The summed E-state index contributed by atoms with van der Waals surface area (Å²) in [5.41, 5.74) is 0. The van der Waals surface area contributed by atoms with Gasteiger partial charge in [-0.3, -0.25) is 0 Å². The molecule has 1 heterocycles. The van der Waals surface area contributed by atoms with Crippen LogP contribution in [0.25, 0.3) is 0 Å². The topological polar surface area (TPSA) is 78.1 Å². The minimum atomic E-state index is -3.47. The van der Waals surface area contributed by atoms with E-state index in [1.165, 1.54) is 6.20 Å². The molecule has 110 valence electrons. The van der Waals surface area contributed by atoms with Crippen LogP contribution in [0.5, 0.6) is 0 Å². The molecule has 0 saturated heterocycles. The predicted molar refractivity (Wildman–Crippen MR) is 75.5 cm³/mol. The molecule has 0 radical (unpaired) electrons. The first-order chi connectivity index (χ1) is 8.90. The fourth-order valence-electron chi connectivity index (χ4n) is 1.63. The van der Waals surface area contributed by atoms with Crippen molar-refractivity contribution < 1.29 is 8.42 Å². The molecule has 0 aliphatic heterocycles. The number of sulfonamides is 1. The average molecular weight is 288 g/mol. The van der Waals surface area contributed by atoms with Crippen LogP contribution in [0.15, 0.2) is 11.2 Å². The Bertz CT molecular complexity index is 484. The zero-order valence-corrected chi connectivity index (χ0v) is 12.9. The standard InChI is InChI=1S/C12H24N4O2S/c1-5-10(3)16(4)8-7-14-19(17,18)12-9-13-11(6-2)15-12/h9-10,14H,5-8H2,1-4H3,(H,13,15). The number of H-pyrrole nitrogens is 1. The smallest absolute Gasteiger partial charge is 0.257 e. The highest BCUT2D eigenvalue weighted by molar-refractivity contribution is 7.89. The Balaban J connectivity index is 2.52. The van der Waals surface area contributed by atoms with Crippen LogP contribution in [0.1, 0.15) is 33.0 Å². The molecule has 0 aliphatic rings. The van der Waals surface area contributed by atoms with Crippen LogP contribution in [0.2, 0.25) is 0 Å². The van der Waals surface area contributed by atoms with Gasteiger partial charge in [-0.1, -0.05) is 13.8 Å². The van der Waals surface area contributed by atoms with Crippen molar-refractivity contribution in [3.05, 3.63) is 12.0 Å². The lowest BCUT2D eigenvalue weighted by atomic mass is 10.2. The first-order valence-corrected chi connectivity index (χ1v) is 8.12. The van der Waals surface area contributed by atoms with E-state index >= 15 is 0 Å². The zero-order valence-electron chi connectivity index (χ0n) is 12.1. The molecule has 7 heteroatoms. The molecule has 0 aromatic carbocycles. The van der Waals surface area contributed by atoms with Gasteiger partial charge in [-0.05, 0) is 20.4 Å². The van der Waals surface area contributed by atoms with Gasteiger partial charge in [-0.2, -0.15) is 0 Å². The maximum Gasteiger partial charge on any atom is 0.257 e. The second kappa shape index (κ2) is 7.02. The first kappa shape index (κ1) is 16.1. The minimum Gasteiger partial charge on any atom is -0.332 e. The molecule has 0 spiro atoms. The van der Waals surface area contributed by atoms with Crippen molar-refractivity contribution >= 4 is 10.0 Å². The largest absolute Gasteiger partial charge is 0.332 e. The van der Waals surface area contributed by atoms with Gasteiger partial charge >= 0.3 is 0 Å². The molecular weight excluding hydrogens is 264 g/mol. The molecule has 1 atom stereocenters. The van der Waals surface area contributed by atoms with E-state index < -0.39 is 10.0 Å². The molecule has 0 saturated carbocycles. The molecule has 0 fully saturated rings. The third-order valence-corrected chi connectivity index (χ3v) is 4.70. The second-order valence-electron chi connectivity index (χ2n) is 4.68. The second-order valence-corrected chi connectivity index (χ2v) is 6.42. The van der Waals surface area contributed by atoms with Gasteiger partial charge in [0.05, 0.1) is 6.20 Å². The lowest BCUT2D eigenvalue weighted by Gasteiger charge is -2.23. The number of imidazole rings is 1. The third kappa shape index (κ3) is 4.59. The summed E-state index contributed by atoms with van der Waals surface area (Å²) in [6.07, 6.45) is 3.09. The molecule has 0 aliphatic carbocycles. The first-order valence-electron chi connectivity index (χ1n) is 6.64. The SMILES string of the molecule is CCc1ncc(S(=O)(=O)NCCN(C)C(C)CC)[nH]1. The summed E-state index contributed by atoms with van der Waals surface area (Å²) in [5.74, 6) is 0.678. The van der Waals surface area contributed by atoms with E-state index in [1.54, 1.807) is 0 Å². The number of nitrogens with one attached hydrogen (secondary N) is 2. The van der Waals surface area contributed by atoms with Crippen LogP contribution in [0.4, 0.5) is 0 Å². The lowest BCUT2D eigenvalue weighted by Crippen LogP contribution is -2.37. The van der Waals surface area contributed by atoms with Crippen molar-refractivity contribution in [1.29, 1.82) is 0 Å². The van der Waals surface area contributed by atoms with Crippen LogP contribution in [-0.2, 0) is 16.4 Å². The number of aromatic amines is 1. The van der Waals surface area contributed by atoms with Gasteiger partial charge in [0.15, 0.2) is 5.03 Å². The Morgan fingerprint density at radius 2 is 2.16 bits per heavy atom. The van der Waals surface area contributed by atoms with Gasteiger partial charge in [0.25, 0.3) is 10.0 Å². The van der Waals surface area contributed by atoms with Gasteiger partial charge in [0.1, 0.15) is 5.82 Å². The number of likely N-dealkylation sites (N-methyl/N-ethyl adjacent to an activating group) is 1. The number of aromatic nitrogens is 2. The fraction of sp³-hybridized carbons (Fsp3) is 0.750. The fourth-order valence-corrected chi connectivity index (χ4v) is 2.58. The average Bonchev–Trinajstić information content (AvgIpc) is 2.86. The van der Waals surface area contributed by atoms with Gasteiger partial charge in [0.2, 0.25) is 0 Å². The molecular formula is C12H24N4O2S. The monoisotopic (exact) mass is 288 g/mol. The van der Waals surface area contributed by atoms with Crippen LogP contribution in [-0.4, -0.2) is 49.5 Å². The Labute approximate surface area is 115 Å². The van der Waals surface area contributed by atoms with Crippen molar-refractivity contribution in [2.75, 3.05) is 20.1 Å². The zero-order chi connectivity index (χ0) is 14.5. The summed E-state index contributed by atoms with van der Waals surface area (Å²) in [5, 5.41) is 0.135.